The van der Waals surface area contributed by atoms with Crippen LogP contribution in [0.25, 0.3) is 11.0 Å². The topological polar surface area (TPSA) is 37.8 Å². The molecule has 106 valence electrons. The number of aryl methyl sites for hydroxylation is 1. The third-order valence-electron chi connectivity index (χ3n) is 4.07. The Morgan fingerprint density at radius 3 is 2.48 bits per heavy atom. The zero-order valence-electron chi connectivity index (χ0n) is 12.6. The van der Waals surface area contributed by atoms with Crippen LogP contribution in [-0.4, -0.2) is 17.0 Å². The summed E-state index contributed by atoms with van der Waals surface area (Å²) < 4.78 is 0. The maximum atomic E-state index is 4.40. The van der Waals surface area contributed by atoms with Crippen molar-refractivity contribution >= 4 is 11.0 Å². The van der Waals surface area contributed by atoms with Gasteiger partial charge >= 0.3 is 0 Å². The van der Waals surface area contributed by atoms with Crippen LogP contribution >= 0.6 is 0 Å². The van der Waals surface area contributed by atoms with Crippen molar-refractivity contribution < 1.29 is 0 Å². The largest absolute Gasteiger partial charge is 0.309 e. The van der Waals surface area contributed by atoms with Crippen LogP contribution in [0.15, 0.2) is 48.8 Å². The van der Waals surface area contributed by atoms with E-state index in [1.807, 2.05) is 13.1 Å². The summed E-state index contributed by atoms with van der Waals surface area (Å²) in [5.41, 5.74) is 7.02. The molecule has 3 nitrogen and oxygen atoms in total. The number of nitrogens with zero attached hydrogens (tertiary/aromatic N) is 2. The fraction of sp³-hybridized carbons (Fsp3) is 0.222. The van der Waals surface area contributed by atoms with Gasteiger partial charge in [0.25, 0.3) is 0 Å². The van der Waals surface area contributed by atoms with Crippen molar-refractivity contribution in [2.24, 2.45) is 0 Å². The summed E-state index contributed by atoms with van der Waals surface area (Å²) in [6.07, 6.45) is 3.46. The summed E-state index contributed by atoms with van der Waals surface area (Å²) in [5.74, 6) is 0. The quantitative estimate of drug-likeness (QED) is 0.795. The van der Waals surface area contributed by atoms with Gasteiger partial charge in [-0.1, -0.05) is 24.3 Å². The number of hydrogen-bond donors (Lipinski definition) is 1. The second-order valence-corrected chi connectivity index (χ2v) is 5.32. The van der Waals surface area contributed by atoms with Crippen LogP contribution in [0.2, 0.25) is 0 Å². The van der Waals surface area contributed by atoms with Crippen LogP contribution in [0.4, 0.5) is 0 Å². The highest BCUT2D eigenvalue weighted by Gasteiger charge is 2.15. The highest BCUT2D eigenvalue weighted by atomic mass is 14.9. The smallest absolute Gasteiger partial charge is 0.0890 e. The lowest BCUT2D eigenvalue weighted by atomic mass is 9.92. The normalized spacial score (nSPS) is 12.5. The minimum Gasteiger partial charge on any atom is -0.309 e. The lowest BCUT2D eigenvalue weighted by Crippen LogP contribution is -2.19. The van der Waals surface area contributed by atoms with Gasteiger partial charge in [0.2, 0.25) is 0 Å². The van der Waals surface area contributed by atoms with Gasteiger partial charge in [0.1, 0.15) is 0 Å². The summed E-state index contributed by atoms with van der Waals surface area (Å²) in [6, 6.07) is 12.9. The number of rotatable bonds is 3. The summed E-state index contributed by atoms with van der Waals surface area (Å²) in [4.78, 5) is 8.73. The Morgan fingerprint density at radius 1 is 0.952 bits per heavy atom. The van der Waals surface area contributed by atoms with E-state index in [-0.39, 0.29) is 6.04 Å². The van der Waals surface area contributed by atoms with Gasteiger partial charge in [0.15, 0.2) is 0 Å². The van der Waals surface area contributed by atoms with Crippen molar-refractivity contribution in [3.63, 3.8) is 0 Å². The van der Waals surface area contributed by atoms with Crippen molar-refractivity contribution in [2.45, 2.75) is 19.9 Å². The number of benzene rings is 2. The number of hydrogen-bond acceptors (Lipinski definition) is 3. The number of nitrogens with one attached hydrogen (secondary N) is 1. The standard InChI is InChI=1S/C18H19N3/c1-12-5-4-6-15(13(12)2)18(19-3)14-7-8-16-17(11-14)21-10-9-20-16/h4-11,18-19H,1-3H3. The molecule has 0 saturated heterocycles. The molecule has 0 spiro atoms. The molecule has 1 unspecified atom stereocenters. The van der Waals surface area contributed by atoms with E-state index >= 15 is 0 Å². The fourth-order valence-electron chi connectivity index (χ4n) is 2.75. The molecule has 1 aromatic heterocycles. The first-order chi connectivity index (χ1) is 10.2. The van der Waals surface area contributed by atoms with Gasteiger partial charge in [-0.25, -0.2) is 0 Å². The fourth-order valence-corrected chi connectivity index (χ4v) is 2.75. The van der Waals surface area contributed by atoms with Crippen LogP contribution in [0.5, 0.6) is 0 Å². The van der Waals surface area contributed by atoms with E-state index in [9.17, 15) is 0 Å². The third-order valence-corrected chi connectivity index (χ3v) is 4.07. The Bertz CT molecular complexity index is 780. The third kappa shape index (κ3) is 2.52. The van der Waals surface area contributed by atoms with E-state index in [0.29, 0.717) is 0 Å². The van der Waals surface area contributed by atoms with Crippen LogP contribution in [0.3, 0.4) is 0 Å². The average molecular weight is 277 g/mol. The van der Waals surface area contributed by atoms with E-state index in [4.69, 9.17) is 0 Å². The minimum absolute atomic E-state index is 0.163. The number of fused-ring (bicyclic) bond motifs is 1. The molecule has 0 fully saturated rings. The molecule has 0 amide bonds. The van der Waals surface area contributed by atoms with Gasteiger partial charge in [0, 0.05) is 12.4 Å². The predicted octanol–water partition coefficient (Wildman–Crippen LogP) is 3.56. The first-order valence-corrected chi connectivity index (χ1v) is 7.15. The average Bonchev–Trinajstić information content (AvgIpc) is 2.52. The van der Waals surface area contributed by atoms with Crippen LogP contribution in [0, 0.1) is 13.8 Å². The molecule has 0 bridgehead atoms. The zero-order chi connectivity index (χ0) is 14.8. The molecule has 3 aromatic rings. The zero-order valence-corrected chi connectivity index (χ0v) is 12.6. The first-order valence-electron chi connectivity index (χ1n) is 7.15. The Balaban J connectivity index is 2.11. The molecule has 1 N–H and O–H groups in total. The maximum Gasteiger partial charge on any atom is 0.0890 e. The van der Waals surface area contributed by atoms with Crippen LogP contribution in [-0.2, 0) is 0 Å². The molecule has 21 heavy (non-hydrogen) atoms. The predicted molar refractivity (Wildman–Crippen MR) is 86.4 cm³/mol. The molecule has 0 aliphatic rings. The molecular formula is C18H19N3. The summed E-state index contributed by atoms with van der Waals surface area (Å²) in [5, 5.41) is 3.42. The van der Waals surface area contributed by atoms with E-state index in [2.05, 4.69) is 59.5 Å². The maximum absolute atomic E-state index is 4.40. The molecule has 0 radical (unpaired) electrons. The van der Waals surface area contributed by atoms with Gasteiger partial charge in [0.05, 0.1) is 17.1 Å². The van der Waals surface area contributed by atoms with Gasteiger partial charge in [-0.15, -0.1) is 0 Å². The Hall–Kier alpha value is -2.26. The molecule has 0 aliphatic carbocycles. The SMILES string of the molecule is CNC(c1ccc2nccnc2c1)c1cccc(C)c1C. The van der Waals surface area contributed by atoms with Crippen LogP contribution in [0.1, 0.15) is 28.3 Å². The van der Waals surface area contributed by atoms with E-state index in [1.54, 1.807) is 12.4 Å². The second-order valence-electron chi connectivity index (χ2n) is 5.32. The molecule has 3 rings (SSSR count). The molecule has 2 aromatic carbocycles. The Morgan fingerprint density at radius 2 is 1.71 bits per heavy atom. The molecule has 0 aliphatic heterocycles. The monoisotopic (exact) mass is 277 g/mol. The van der Waals surface area contributed by atoms with Crippen molar-refractivity contribution in [3.05, 3.63) is 71.0 Å². The molecular weight excluding hydrogens is 258 g/mol. The van der Waals surface area contributed by atoms with Crippen molar-refractivity contribution in [2.75, 3.05) is 7.05 Å². The Kier molecular flexibility index (Phi) is 3.67. The van der Waals surface area contributed by atoms with E-state index in [0.717, 1.165) is 11.0 Å². The highest BCUT2D eigenvalue weighted by molar-refractivity contribution is 5.74. The van der Waals surface area contributed by atoms with E-state index < -0.39 is 0 Å². The second kappa shape index (κ2) is 5.62. The van der Waals surface area contributed by atoms with Crippen molar-refractivity contribution in [1.82, 2.24) is 15.3 Å². The van der Waals surface area contributed by atoms with Crippen LogP contribution < -0.4 is 5.32 Å². The minimum atomic E-state index is 0.163. The molecule has 1 atom stereocenters. The summed E-state index contributed by atoms with van der Waals surface area (Å²) >= 11 is 0. The van der Waals surface area contributed by atoms with Gasteiger partial charge in [-0.2, -0.15) is 0 Å². The number of aromatic nitrogens is 2. The van der Waals surface area contributed by atoms with E-state index in [1.165, 1.54) is 22.3 Å². The van der Waals surface area contributed by atoms with Crippen molar-refractivity contribution in [1.29, 1.82) is 0 Å². The molecule has 1 heterocycles. The van der Waals surface area contributed by atoms with Crippen molar-refractivity contribution in [3.8, 4) is 0 Å². The lowest BCUT2D eigenvalue weighted by molar-refractivity contribution is 0.687. The summed E-state index contributed by atoms with van der Waals surface area (Å²) in [6.45, 7) is 4.33. The van der Waals surface area contributed by atoms with Gasteiger partial charge < -0.3 is 5.32 Å². The Labute approximate surface area is 125 Å². The summed E-state index contributed by atoms with van der Waals surface area (Å²) in [7, 11) is 1.99. The van der Waals surface area contributed by atoms with Gasteiger partial charge in [-0.3, -0.25) is 9.97 Å². The first kappa shape index (κ1) is 13.7. The lowest BCUT2D eigenvalue weighted by Gasteiger charge is -2.20. The molecule has 0 saturated carbocycles. The van der Waals surface area contributed by atoms with Gasteiger partial charge in [-0.05, 0) is 55.3 Å². The molecule has 3 heteroatoms. The highest BCUT2D eigenvalue weighted by Crippen LogP contribution is 2.27.